The molecule has 14 heavy (non-hydrogen) atoms. The van der Waals surface area contributed by atoms with Crippen LogP contribution in [0.4, 0.5) is 0 Å². The highest BCUT2D eigenvalue weighted by Crippen LogP contribution is 2.31. The molecular formula is C13H14O. The number of rotatable bonds is 2. The Bertz CT molecular complexity index is 388. The first-order valence-electron chi connectivity index (χ1n) is 4.86. The van der Waals surface area contributed by atoms with E-state index in [0.717, 1.165) is 5.56 Å². The van der Waals surface area contributed by atoms with Crippen LogP contribution in [-0.2, 0) is 6.61 Å². The summed E-state index contributed by atoms with van der Waals surface area (Å²) in [6.07, 6.45) is 6.37. The Hall–Kier alpha value is -1.34. The summed E-state index contributed by atoms with van der Waals surface area (Å²) < 4.78 is 0. The molecule has 1 aromatic rings. The van der Waals surface area contributed by atoms with Crippen LogP contribution in [0.5, 0.6) is 0 Å². The fourth-order valence-electron chi connectivity index (χ4n) is 1.90. The predicted octanol–water partition coefficient (Wildman–Crippen LogP) is 2.78. The van der Waals surface area contributed by atoms with Crippen molar-refractivity contribution >= 4 is 0 Å². The third-order valence-corrected chi connectivity index (χ3v) is 2.71. The van der Waals surface area contributed by atoms with E-state index in [1.165, 1.54) is 11.1 Å². The van der Waals surface area contributed by atoms with Gasteiger partial charge in [-0.15, -0.1) is 0 Å². The lowest BCUT2D eigenvalue weighted by molar-refractivity contribution is 0.280. The minimum absolute atomic E-state index is 0.119. The Labute approximate surface area is 84.4 Å². The topological polar surface area (TPSA) is 20.2 Å². The quantitative estimate of drug-likeness (QED) is 0.753. The van der Waals surface area contributed by atoms with E-state index in [-0.39, 0.29) is 6.61 Å². The van der Waals surface area contributed by atoms with Gasteiger partial charge in [-0.25, -0.2) is 0 Å². The van der Waals surface area contributed by atoms with Gasteiger partial charge in [0.1, 0.15) is 0 Å². The molecule has 0 fully saturated rings. The lowest BCUT2D eigenvalue weighted by atomic mass is 9.91. The minimum atomic E-state index is 0.119. The smallest absolute Gasteiger partial charge is 0.0684 e. The number of allylic oxidation sites excluding steroid dienone is 4. The number of benzene rings is 1. The summed E-state index contributed by atoms with van der Waals surface area (Å²) in [5.74, 6) is 0.360. The van der Waals surface area contributed by atoms with Crippen molar-refractivity contribution in [2.45, 2.75) is 19.4 Å². The van der Waals surface area contributed by atoms with E-state index in [1.807, 2.05) is 18.2 Å². The van der Waals surface area contributed by atoms with Gasteiger partial charge in [0, 0.05) is 5.92 Å². The monoisotopic (exact) mass is 186 g/mol. The van der Waals surface area contributed by atoms with Crippen LogP contribution in [0, 0.1) is 0 Å². The predicted molar refractivity (Wildman–Crippen MR) is 58.0 cm³/mol. The molecule has 1 aliphatic rings. The molecule has 1 N–H and O–H groups in total. The zero-order valence-corrected chi connectivity index (χ0v) is 8.27. The number of aliphatic hydroxyl groups excluding tert-OH is 1. The molecule has 72 valence electrons. The Morgan fingerprint density at radius 1 is 1.29 bits per heavy atom. The molecule has 1 aromatic carbocycles. The highest BCUT2D eigenvalue weighted by Gasteiger charge is 2.15. The fraction of sp³-hybridized carbons (Fsp3) is 0.231. The fourth-order valence-corrected chi connectivity index (χ4v) is 1.90. The van der Waals surface area contributed by atoms with Crippen LogP contribution < -0.4 is 0 Å². The van der Waals surface area contributed by atoms with Crippen molar-refractivity contribution in [3.8, 4) is 0 Å². The van der Waals surface area contributed by atoms with Crippen molar-refractivity contribution in [3.05, 3.63) is 59.2 Å². The second-order valence-corrected chi connectivity index (χ2v) is 3.63. The van der Waals surface area contributed by atoms with Gasteiger partial charge in [-0.05, 0) is 18.1 Å². The largest absolute Gasteiger partial charge is 0.392 e. The summed E-state index contributed by atoms with van der Waals surface area (Å²) in [6.45, 7) is 2.24. The molecule has 0 aromatic heterocycles. The Morgan fingerprint density at radius 3 is 2.71 bits per heavy atom. The summed E-state index contributed by atoms with van der Waals surface area (Å²) in [5.41, 5.74) is 3.58. The molecule has 1 aliphatic carbocycles. The van der Waals surface area contributed by atoms with Gasteiger partial charge in [0.2, 0.25) is 0 Å². The van der Waals surface area contributed by atoms with Gasteiger partial charge in [0.25, 0.3) is 0 Å². The maximum absolute atomic E-state index is 9.22. The third kappa shape index (κ3) is 1.51. The summed E-state index contributed by atoms with van der Waals surface area (Å²) in [4.78, 5) is 0. The first-order chi connectivity index (χ1) is 6.83. The Morgan fingerprint density at radius 2 is 2.07 bits per heavy atom. The molecule has 0 radical (unpaired) electrons. The van der Waals surface area contributed by atoms with E-state index in [9.17, 15) is 5.11 Å². The first kappa shape index (κ1) is 9.22. The van der Waals surface area contributed by atoms with Crippen molar-refractivity contribution in [2.24, 2.45) is 0 Å². The Balaban J connectivity index is 2.41. The molecule has 0 bridgehead atoms. The van der Waals surface area contributed by atoms with Gasteiger partial charge in [-0.1, -0.05) is 48.1 Å². The molecule has 0 aliphatic heterocycles. The summed E-state index contributed by atoms with van der Waals surface area (Å²) >= 11 is 0. The summed E-state index contributed by atoms with van der Waals surface area (Å²) in [5, 5.41) is 9.22. The SMILES string of the molecule is CC1=CC=CC1c1ccccc1CO. The van der Waals surface area contributed by atoms with E-state index >= 15 is 0 Å². The molecule has 1 heteroatoms. The van der Waals surface area contributed by atoms with Crippen LogP contribution in [-0.4, -0.2) is 5.11 Å². The van der Waals surface area contributed by atoms with Gasteiger partial charge in [-0.2, -0.15) is 0 Å². The molecule has 1 atom stereocenters. The molecule has 0 heterocycles. The summed E-state index contributed by atoms with van der Waals surface area (Å²) in [6, 6.07) is 8.05. The maximum Gasteiger partial charge on any atom is 0.0684 e. The molecule has 0 saturated carbocycles. The molecular weight excluding hydrogens is 172 g/mol. The standard InChI is InChI=1S/C13H14O/c1-10-5-4-8-12(10)13-7-3-2-6-11(13)9-14/h2-8,12,14H,9H2,1H3. The maximum atomic E-state index is 9.22. The second-order valence-electron chi connectivity index (χ2n) is 3.63. The van der Waals surface area contributed by atoms with E-state index in [2.05, 4.69) is 31.2 Å². The van der Waals surface area contributed by atoms with Gasteiger partial charge in [0.05, 0.1) is 6.61 Å². The third-order valence-electron chi connectivity index (χ3n) is 2.71. The second kappa shape index (κ2) is 3.81. The average Bonchev–Trinajstić information content (AvgIpc) is 2.64. The lowest BCUT2D eigenvalue weighted by Gasteiger charge is -2.14. The van der Waals surface area contributed by atoms with E-state index in [4.69, 9.17) is 0 Å². The van der Waals surface area contributed by atoms with Crippen LogP contribution in [0.2, 0.25) is 0 Å². The van der Waals surface area contributed by atoms with Crippen LogP contribution >= 0.6 is 0 Å². The zero-order chi connectivity index (χ0) is 9.97. The number of aliphatic hydroxyl groups is 1. The van der Waals surface area contributed by atoms with Crippen molar-refractivity contribution in [2.75, 3.05) is 0 Å². The molecule has 2 rings (SSSR count). The molecule has 1 unspecified atom stereocenters. The van der Waals surface area contributed by atoms with Crippen LogP contribution in [0.3, 0.4) is 0 Å². The molecule has 0 spiro atoms. The van der Waals surface area contributed by atoms with Gasteiger partial charge < -0.3 is 5.11 Å². The zero-order valence-electron chi connectivity index (χ0n) is 8.27. The normalized spacial score (nSPS) is 19.9. The first-order valence-corrected chi connectivity index (χ1v) is 4.86. The van der Waals surface area contributed by atoms with Crippen LogP contribution in [0.15, 0.2) is 48.1 Å². The van der Waals surface area contributed by atoms with Crippen molar-refractivity contribution in [1.29, 1.82) is 0 Å². The van der Waals surface area contributed by atoms with E-state index in [1.54, 1.807) is 0 Å². The van der Waals surface area contributed by atoms with Crippen molar-refractivity contribution in [1.82, 2.24) is 0 Å². The minimum Gasteiger partial charge on any atom is -0.392 e. The van der Waals surface area contributed by atoms with Crippen molar-refractivity contribution in [3.63, 3.8) is 0 Å². The molecule has 1 nitrogen and oxygen atoms in total. The van der Waals surface area contributed by atoms with Crippen molar-refractivity contribution < 1.29 is 5.11 Å². The number of hydrogen-bond acceptors (Lipinski definition) is 1. The highest BCUT2D eigenvalue weighted by molar-refractivity contribution is 5.43. The van der Waals surface area contributed by atoms with Crippen LogP contribution in [0.1, 0.15) is 24.0 Å². The highest BCUT2D eigenvalue weighted by atomic mass is 16.3. The molecule has 0 amide bonds. The number of hydrogen-bond donors (Lipinski definition) is 1. The molecule has 0 saturated heterocycles. The van der Waals surface area contributed by atoms with Gasteiger partial charge in [0.15, 0.2) is 0 Å². The average molecular weight is 186 g/mol. The van der Waals surface area contributed by atoms with Gasteiger partial charge in [-0.3, -0.25) is 0 Å². The van der Waals surface area contributed by atoms with Gasteiger partial charge >= 0.3 is 0 Å². The summed E-state index contributed by atoms with van der Waals surface area (Å²) in [7, 11) is 0. The lowest BCUT2D eigenvalue weighted by Crippen LogP contribution is -1.99. The van der Waals surface area contributed by atoms with Crippen LogP contribution in [0.25, 0.3) is 0 Å². The Kier molecular flexibility index (Phi) is 2.51. The van der Waals surface area contributed by atoms with E-state index < -0.39 is 0 Å². The van der Waals surface area contributed by atoms with E-state index in [0.29, 0.717) is 5.92 Å².